The van der Waals surface area contributed by atoms with Crippen LogP contribution >= 0.6 is 0 Å². The molecule has 1 aromatic carbocycles. The minimum absolute atomic E-state index is 0.201. The van der Waals surface area contributed by atoms with Gasteiger partial charge in [0.1, 0.15) is 4.90 Å². The van der Waals surface area contributed by atoms with Gasteiger partial charge >= 0.3 is 0 Å². The number of pyridine rings is 1. The standard InChI is InChI=1S/C15H19N3O2S/c1-17(2)11-12-18(14-7-4-3-5-8-14)21(19,20)15-9-6-10-16-13-15/h3-10,13H,11-12H2,1-2H3. The second-order valence-corrected chi connectivity index (χ2v) is 6.77. The van der Waals surface area contributed by atoms with Crippen molar-refractivity contribution in [2.24, 2.45) is 0 Å². The third kappa shape index (κ3) is 3.80. The summed E-state index contributed by atoms with van der Waals surface area (Å²) in [7, 11) is 0.227. The fourth-order valence-corrected chi connectivity index (χ4v) is 3.32. The van der Waals surface area contributed by atoms with E-state index in [4.69, 9.17) is 0 Å². The van der Waals surface area contributed by atoms with Gasteiger partial charge in [0.15, 0.2) is 0 Å². The highest BCUT2D eigenvalue weighted by molar-refractivity contribution is 7.92. The van der Waals surface area contributed by atoms with Crippen LogP contribution in [0.2, 0.25) is 0 Å². The molecule has 0 radical (unpaired) electrons. The topological polar surface area (TPSA) is 53.5 Å². The molecule has 21 heavy (non-hydrogen) atoms. The first-order chi connectivity index (χ1) is 10.0. The summed E-state index contributed by atoms with van der Waals surface area (Å²) in [6, 6.07) is 12.3. The highest BCUT2D eigenvalue weighted by Gasteiger charge is 2.24. The van der Waals surface area contributed by atoms with Crippen molar-refractivity contribution in [2.45, 2.75) is 4.90 Å². The molecule has 112 valence electrons. The monoisotopic (exact) mass is 305 g/mol. The minimum atomic E-state index is -3.61. The van der Waals surface area contributed by atoms with Crippen LogP contribution in [0.3, 0.4) is 0 Å². The smallest absolute Gasteiger partial charge is 0.265 e. The Labute approximate surface area is 125 Å². The van der Waals surface area contributed by atoms with E-state index < -0.39 is 10.0 Å². The summed E-state index contributed by atoms with van der Waals surface area (Å²) >= 11 is 0. The molecule has 0 saturated heterocycles. The maximum Gasteiger partial charge on any atom is 0.265 e. The van der Waals surface area contributed by atoms with Crippen LogP contribution in [0, 0.1) is 0 Å². The van der Waals surface area contributed by atoms with Crippen LogP contribution in [0.5, 0.6) is 0 Å². The highest BCUT2D eigenvalue weighted by atomic mass is 32.2. The summed E-state index contributed by atoms with van der Waals surface area (Å²) in [6.07, 6.45) is 2.94. The molecule has 2 rings (SSSR count). The number of anilines is 1. The molecule has 5 nitrogen and oxygen atoms in total. The molecule has 1 aromatic heterocycles. The summed E-state index contributed by atoms with van der Waals surface area (Å²) in [5.41, 5.74) is 0.656. The Hall–Kier alpha value is -1.92. The van der Waals surface area contributed by atoms with E-state index in [0.717, 1.165) is 0 Å². The molecule has 0 spiro atoms. The number of para-hydroxylation sites is 1. The number of nitrogens with zero attached hydrogens (tertiary/aromatic N) is 3. The molecule has 0 aliphatic carbocycles. The van der Waals surface area contributed by atoms with Crippen molar-refractivity contribution in [1.29, 1.82) is 0 Å². The Morgan fingerprint density at radius 2 is 1.71 bits per heavy atom. The number of likely N-dealkylation sites (N-methyl/N-ethyl adjacent to an activating group) is 1. The molecule has 2 aromatic rings. The third-order valence-corrected chi connectivity index (χ3v) is 4.83. The second-order valence-electron chi connectivity index (χ2n) is 4.90. The summed E-state index contributed by atoms with van der Waals surface area (Å²) in [6.45, 7) is 1.02. The summed E-state index contributed by atoms with van der Waals surface area (Å²) in [5.74, 6) is 0. The van der Waals surface area contributed by atoms with E-state index in [1.165, 1.54) is 10.5 Å². The van der Waals surface area contributed by atoms with Crippen molar-refractivity contribution in [3.63, 3.8) is 0 Å². The van der Waals surface area contributed by atoms with Gasteiger partial charge in [-0.3, -0.25) is 9.29 Å². The van der Waals surface area contributed by atoms with Crippen LogP contribution in [0.15, 0.2) is 59.8 Å². The minimum Gasteiger partial charge on any atom is -0.308 e. The normalized spacial score (nSPS) is 11.6. The van der Waals surface area contributed by atoms with Gasteiger partial charge in [-0.2, -0.15) is 0 Å². The van der Waals surface area contributed by atoms with Crippen LogP contribution in [0.4, 0.5) is 5.69 Å². The van der Waals surface area contributed by atoms with E-state index in [1.54, 1.807) is 30.5 Å². The quantitative estimate of drug-likeness (QED) is 0.817. The molecule has 6 heteroatoms. The van der Waals surface area contributed by atoms with Crippen LogP contribution in [0.25, 0.3) is 0 Å². The SMILES string of the molecule is CN(C)CCN(c1ccccc1)S(=O)(=O)c1cccnc1. The summed E-state index contributed by atoms with van der Waals surface area (Å²) < 4.78 is 27.0. The van der Waals surface area contributed by atoms with Gasteiger partial charge in [0.05, 0.1) is 5.69 Å². The Bertz CT molecular complexity index is 658. The van der Waals surface area contributed by atoms with Crippen molar-refractivity contribution in [2.75, 3.05) is 31.5 Å². The molecule has 1 heterocycles. The van der Waals surface area contributed by atoms with E-state index in [2.05, 4.69) is 4.98 Å². The van der Waals surface area contributed by atoms with E-state index in [1.807, 2.05) is 37.2 Å². The molecule has 0 bridgehead atoms. The molecule has 0 atom stereocenters. The average molecular weight is 305 g/mol. The van der Waals surface area contributed by atoms with Crippen molar-refractivity contribution < 1.29 is 8.42 Å². The largest absolute Gasteiger partial charge is 0.308 e. The third-order valence-electron chi connectivity index (χ3n) is 3.02. The summed E-state index contributed by atoms with van der Waals surface area (Å²) in [5, 5.41) is 0. The molecule has 0 aliphatic rings. The lowest BCUT2D eigenvalue weighted by Gasteiger charge is -2.25. The van der Waals surface area contributed by atoms with Gasteiger partial charge in [-0.05, 0) is 38.4 Å². The van der Waals surface area contributed by atoms with E-state index in [9.17, 15) is 8.42 Å². The van der Waals surface area contributed by atoms with Gasteiger partial charge in [-0.15, -0.1) is 0 Å². The highest BCUT2D eigenvalue weighted by Crippen LogP contribution is 2.22. The van der Waals surface area contributed by atoms with Crippen LogP contribution in [-0.4, -0.2) is 45.5 Å². The van der Waals surface area contributed by atoms with Crippen molar-refractivity contribution in [3.05, 3.63) is 54.9 Å². The molecule has 0 N–H and O–H groups in total. The Morgan fingerprint density at radius 1 is 1.00 bits per heavy atom. The molecule has 0 aliphatic heterocycles. The molecule has 0 unspecified atom stereocenters. The number of hydrogen-bond acceptors (Lipinski definition) is 4. The van der Waals surface area contributed by atoms with Crippen molar-refractivity contribution in [3.8, 4) is 0 Å². The maximum atomic E-state index is 12.8. The van der Waals surface area contributed by atoms with Gasteiger partial charge in [0.2, 0.25) is 0 Å². The first kappa shape index (κ1) is 15.5. The zero-order chi connectivity index (χ0) is 15.3. The lowest BCUT2D eigenvalue weighted by Crippen LogP contribution is -2.36. The zero-order valence-corrected chi connectivity index (χ0v) is 13.0. The van der Waals surface area contributed by atoms with Crippen LogP contribution in [-0.2, 0) is 10.0 Å². The zero-order valence-electron chi connectivity index (χ0n) is 12.2. The van der Waals surface area contributed by atoms with Crippen molar-refractivity contribution >= 4 is 15.7 Å². The number of hydrogen-bond donors (Lipinski definition) is 0. The lowest BCUT2D eigenvalue weighted by atomic mass is 10.3. The van der Waals surface area contributed by atoms with Crippen molar-refractivity contribution in [1.82, 2.24) is 9.88 Å². The fraction of sp³-hybridized carbons (Fsp3) is 0.267. The number of rotatable bonds is 6. The van der Waals surface area contributed by atoms with Gasteiger partial charge in [-0.1, -0.05) is 18.2 Å². The molecule has 0 fully saturated rings. The molecule has 0 amide bonds. The summed E-state index contributed by atoms with van der Waals surface area (Å²) in [4.78, 5) is 6.06. The molecule has 0 saturated carbocycles. The van der Waals surface area contributed by atoms with E-state index in [0.29, 0.717) is 18.8 Å². The van der Waals surface area contributed by atoms with Gasteiger partial charge in [-0.25, -0.2) is 8.42 Å². The number of benzene rings is 1. The lowest BCUT2D eigenvalue weighted by molar-refractivity contribution is 0.419. The number of aromatic nitrogens is 1. The predicted octanol–water partition coefficient (Wildman–Crippen LogP) is 1.84. The van der Waals surface area contributed by atoms with E-state index in [-0.39, 0.29) is 4.90 Å². The molecular formula is C15H19N3O2S. The second kappa shape index (κ2) is 6.69. The predicted molar refractivity (Wildman–Crippen MR) is 83.8 cm³/mol. The van der Waals surface area contributed by atoms with Gasteiger partial charge < -0.3 is 4.90 Å². The Balaban J connectivity index is 2.40. The van der Waals surface area contributed by atoms with Gasteiger partial charge in [0.25, 0.3) is 10.0 Å². The Morgan fingerprint density at radius 3 is 2.29 bits per heavy atom. The van der Waals surface area contributed by atoms with Crippen LogP contribution in [0.1, 0.15) is 0 Å². The Kier molecular flexibility index (Phi) is 4.93. The maximum absolute atomic E-state index is 12.8. The first-order valence-corrected chi connectivity index (χ1v) is 8.08. The van der Waals surface area contributed by atoms with Crippen LogP contribution < -0.4 is 4.31 Å². The average Bonchev–Trinajstić information content (AvgIpc) is 2.49. The first-order valence-electron chi connectivity index (χ1n) is 6.64. The van der Waals surface area contributed by atoms with Gasteiger partial charge in [0, 0.05) is 25.5 Å². The fourth-order valence-electron chi connectivity index (χ4n) is 1.90. The molecular weight excluding hydrogens is 286 g/mol. The number of sulfonamides is 1. The van der Waals surface area contributed by atoms with E-state index >= 15 is 0 Å².